The van der Waals surface area contributed by atoms with E-state index in [0.717, 1.165) is 43.9 Å². The summed E-state index contributed by atoms with van der Waals surface area (Å²) >= 11 is 1.86. The maximum atomic E-state index is 11.8. The largest absolute Gasteiger partial charge is 0.468 e. The Balaban J connectivity index is 3.97. The first-order chi connectivity index (χ1) is 8.60. The first kappa shape index (κ1) is 17.7. The molecule has 5 heteroatoms. The Morgan fingerprint density at radius 3 is 2.61 bits per heavy atom. The second-order valence-electron chi connectivity index (χ2n) is 4.46. The van der Waals surface area contributed by atoms with Gasteiger partial charge in [-0.2, -0.15) is 11.8 Å². The Morgan fingerprint density at radius 2 is 2.06 bits per heavy atom. The van der Waals surface area contributed by atoms with Gasteiger partial charge in [0.15, 0.2) is 0 Å². The van der Waals surface area contributed by atoms with Gasteiger partial charge in [-0.05, 0) is 38.5 Å². The van der Waals surface area contributed by atoms with Crippen LogP contribution in [0.15, 0.2) is 0 Å². The number of hydrogen-bond donors (Lipinski definition) is 1. The summed E-state index contributed by atoms with van der Waals surface area (Å²) in [6, 6.07) is 0. The third-order valence-electron chi connectivity index (χ3n) is 2.80. The third kappa shape index (κ3) is 7.24. The fraction of sp³-hybridized carbons (Fsp3) is 0.923. The number of carbonyl (C=O) groups excluding carboxylic acids is 1. The van der Waals surface area contributed by atoms with Crippen molar-refractivity contribution in [2.45, 2.75) is 38.6 Å². The van der Waals surface area contributed by atoms with Gasteiger partial charge in [0.25, 0.3) is 0 Å². The van der Waals surface area contributed by atoms with Gasteiger partial charge in [0.05, 0.1) is 13.7 Å². The van der Waals surface area contributed by atoms with Crippen molar-refractivity contribution in [2.24, 2.45) is 0 Å². The van der Waals surface area contributed by atoms with Crippen LogP contribution in [0.3, 0.4) is 0 Å². The van der Waals surface area contributed by atoms with Crippen molar-refractivity contribution in [1.29, 1.82) is 0 Å². The van der Waals surface area contributed by atoms with Crippen LogP contribution in [0.25, 0.3) is 0 Å². The molecule has 0 aliphatic carbocycles. The van der Waals surface area contributed by atoms with Crippen LogP contribution in [0.5, 0.6) is 0 Å². The van der Waals surface area contributed by atoms with E-state index in [4.69, 9.17) is 9.47 Å². The molecule has 0 fully saturated rings. The molecule has 0 aliphatic rings. The Morgan fingerprint density at radius 1 is 1.33 bits per heavy atom. The summed E-state index contributed by atoms with van der Waals surface area (Å²) in [5, 5.41) is 3.29. The van der Waals surface area contributed by atoms with Gasteiger partial charge in [0, 0.05) is 12.9 Å². The van der Waals surface area contributed by atoms with Gasteiger partial charge in [-0.3, -0.25) is 4.79 Å². The van der Waals surface area contributed by atoms with Crippen molar-refractivity contribution in [3.05, 3.63) is 0 Å². The standard InChI is InChI=1S/C13H27NO3S/c1-5-8-14-13(2,12(15)17-4)7-6-10-18-11-9-16-3/h14H,5-11H2,1-4H3. The summed E-state index contributed by atoms with van der Waals surface area (Å²) in [7, 11) is 3.16. The average molecular weight is 277 g/mol. The second-order valence-corrected chi connectivity index (χ2v) is 5.68. The molecule has 0 rings (SSSR count). The van der Waals surface area contributed by atoms with Crippen molar-refractivity contribution >= 4 is 17.7 Å². The maximum absolute atomic E-state index is 11.8. The lowest BCUT2D eigenvalue weighted by Gasteiger charge is -2.28. The lowest BCUT2D eigenvalue weighted by molar-refractivity contribution is -0.148. The Hall–Kier alpha value is -0.260. The minimum absolute atomic E-state index is 0.169. The SMILES string of the molecule is CCCNC(C)(CCCSCCOC)C(=O)OC. The van der Waals surface area contributed by atoms with E-state index in [1.165, 1.54) is 7.11 Å². The highest BCUT2D eigenvalue weighted by molar-refractivity contribution is 7.99. The van der Waals surface area contributed by atoms with Crippen LogP contribution in [-0.4, -0.2) is 50.4 Å². The van der Waals surface area contributed by atoms with Crippen molar-refractivity contribution in [2.75, 3.05) is 38.9 Å². The minimum atomic E-state index is -0.549. The molecule has 18 heavy (non-hydrogen) atoms. The quantitative estimate of drug-likeness (QED) is 0.463. The summed E-state index contributed by atoms with van der Waals surface area (Å²) in [5.41, 5.74) is -0.549. The van der Waals surface area contributed by atoms with E-state index in [9.17, 15) is 4.79 Å². The Labute approximate surface area is 115 Å². The molecule has 0 aromatic rings. The molecule has 0 amide bonds. The number of esters is 1. The number of nitrogens with one attached hydrogen (secondary N) is 1. The minimum Gasteiger partial charge on any atom is -0.468 e. The van der Waals surface area contributed by atoms with Crippen LogP contribution in [-0.2, 0) is 14.3 Å². The molecule has 0 saturated heterocycles. The van der Waals surface area contributed by atoms with E-state index in [1.807, 2.05) is 18.7 Å². The van der Waals surface area contributed by atoms with E-state index in [2.05, 4.69) is 12.2 Å². The number of ether oxygens (including phenoxy) is 2. The van der Waals surface area contributed by atoms with Gasteiger partial charge >= 0.3 is 5.97 Å². The highest BCUT2D eigenvalue weighted by Crippen LogP contribution is 2.17. The summed E-state index contributed by atoms with van der Waals surface area (Å²) in [4.78, 5) is 11.8. The van der Waals surface area contributed by atoms with Crippen LogP contribution < -0.4 is 5.32 Å². The number of thioether (sulfide) groups is 1. The van der Waals surface area contributed by atoms with Crippen molar-refractivity contribution < 1.29 is 14.3 Å². The number of carbonyl (C=O) groups is 1. The zero-order valence-corrected chi connectivity index (χ0v) is 12.9. The lowest BCUT2D eigenvalue weighted by atomic mass is 9.96. The molecular weight excluding hydrogens is 250 g/mol. The predicted octanol–water partition coefficient (Wildman–Crippen LogP) is 2.08. The van der Waals surface area contributed by atoms with Crippen molar-refractivity contribution in [3.63, 3.8) is 0 Å². The molecule has 0 bridgehead atoms. The zero-order valence-electron chi connectivity index (χ0n) is 12.1. The third-order valence-corrected chi connectivity index (χ3v) is 3.83. The van der Waals surface area contributed by atoms with E-state index in [0.29, 0.717) is 0 Å². The van der Waals surface area contributed by atoms with E-state index in [-0.39, 0.29) is 5.97 Å². The van der Waals surface area contributed by atoms with E-state index in [1.54, 1.807) is 7.11 Å². The molecule has 0 spiro atoms. The van der Waals surface area contributed by atoms with Gasteiger partial charge in [-0.25, -0.2) is 0 Å². The molecule has 0 aliphatic heterocycles. The van der Waals surface area contributed by atoms with Gasteiger partial charge in [-0.1, -0.05) is 6.92 Å². The van der Waals surface area contributed by atoms with Crippen LogP contribution in [0.4, 0.5) is 0 Å². The molecule has 0 aromatic carbocycles. The van der Waals surface area contributed by atoms with Crippen LogP contribution >= 0.6 is 11.8 Å². The van der Waals surface area contributed by atoms with Crippen molar-refractivity contribution in [1.82, 2.24) is 5.32 Å². The van der Waals surface area contributed by atoms with E-state index >= 15 is 0 Å². The van der Waals surface area contributed by atoms with Gasteiger partial charge < -0.3 is 14.8 Å². The van der Waals surface area contributed by atoms with Crippen LogP contribution in [0.1, 0.15) is 33.1 Å². The Bertz CT molecular complexity index is 226. The van der Waals surface area contributed by atoms with Crippen LogP contribution in [0.2, 0.25) is 0 Å². The molecule has 0 heterocycles. The summed E-state index contributed by atoms with van der Waals surface area (Å²) in [5.74, 6) is 1.88. The highest BCUT2D eigenvalue weighted by Gasteiger charge is 2.32. The summed E-state index contributed by atoms with van der Waals surface area (Å²) in [6.07, 6.45) is 2.81. The molecule has 0 saturated carbocycles. The van der Waals surface area contributed by atoms with Gasteiger partial charge in [-0.15, -0.1) is 0 Å². The average Bonchev–Trinajstić information content (AvgIpc) is 2.39. The van der Waals surface area contributed by atoms with Gasteiger partial charge in [0.2, 0.25) is 0 Å². The first-order valence-corrected chi connectivity index (χ1v) is 7.66. The molecule has 1 N–H and O–H groups in total. The van der Waals surface area contributed by atoms with Gasteiger partial charge in [0.1, 0.15) is 5.54 Å². The predicted molar refractivity (Wildman–Crippen MR) is 77.1 cm³/mol. The second kappa shape index (κ2) is 10.6. The lowest BCUT2D eigenvalue weighted by Crippen LogP contribution is -2.50. The fourth-order valence-corrected chi connectivity index (χ4v) is 2.50. The molecule has 4 nitrogen and oxygen atoms in total. The van der Waals surface area contributed by atoms with E-state index < -0.39 is 5.54 Å². The molecule has 108 valence electrons. The zero-order chi connectivity index (χ0) is 13.9. The smallest absolute Gasteiger partial charge is 0.325 e. The summed E-state index contributed by atoms with van der Waals surface area (Å²) < 4.78 is 9.87. The molecule has 0 radical (unpaired) electrons. The summed E-state index contributed by atoms with van der Waals surface area (Å²) in [6.45, 7) is 5.63. The van der Waals surface area contributed by atoms with Crippen LogP contribution in [0, 0.1) is 0 Å². The molecule has 0 aromatic heterocycles. The topological polar surface area (TPSA) is 47.6 Å². The number of hydrogen-bond acceptors (Lipinski definition) is 5. The highest BCUT2D eigenvalue weighted by atomic mass is 32.2. The number of methoxy groups -OCH3 is 2. The maximum Gasteiger partial charge on any atom is 0.325 e. The fourth-order valence-electron chi connectivity index (χ4n) is 1.66. The molecule has 1 unspecified atom stereocenters. The molecule has 1 atom stereocenters. The first-order valence-electron chi connectivity index (χ1n) is 6.50. The number of rotatable bonds is 11. The monoisotopic (exact) mass is 277 g/mol. The van der Waals surface area contributed by atoms with Crippen molar-refractivity contribution in [3.8, 4) is 0 Å². The normalized spacial score (nSPS) is 14.2. The molecular formula is C13H27NO3S. The Kier molecular flexibility index (Phi) is 10.5.